The zero-order valence-electron chi connectivity index (χ0n) is 16.4. The number of benzene rings is 2. The predicted molar refractivity (Wildman–Crippen MR) is 112 cm³/mol. The van der Waals surface area contributed by atoms with Crippen LogP contribution in [0.4, 0.5) is 5.69 Å². The van der Waals surface area contributed by atoms with Crippen LogP contribution >= 0.6 is 0 Å². The molecule has 0 saturated heterocycles. The van der Waals surface area contributed by atoms with Crippen LogP contribution in [0.15, 0.2) is 67.0 Å². The molecule has 0 aliphatic heterocycles. The molecule has 0 aliphatic carbocycles. The molecule has 0 bridgehead atoms. The summed E-state index contributed by atoms with van der Waals surface area (Å²) in [6.07, 6.45) is 3.14. The van der Waals surface area contributed by atoms with Gasteiger partial charge in [-0.2, -0.15) is 0 Å². The normalized spacial score (nSPS) is 10.3. The zero-order chi connectivity index (χ0) is 20.6. The van der Waals surface area contributed by atoms with Crippen LogP contribution in [0, 0.1) is 13.8 Å². The van der Waals surface area contributed by atoms with Crippen LogP contribution in [-0.2, 0) is 11.3 Å². The van der Waals surface area contributed by atoms with Crippen molar-refractivity contribution >= 4 is 17.5 Å². The van der Waals surface area contributed by atoms with Crippen molar-refractivity contribution in [3.63, 3.8) is 0 Å². The number of pyridine rings is 1. The maximum absolute atomic E-state index is 12.1. The fourth-order valence-corrected chi connectivity index (χ4v) is 2.71. The molecule has 3 rings (SSSR count). The van der Waals surface area contributed by atoms with Crippen LogP contribution in [0.2, 0.25) is 0 Å². The maximum atomic E-state index is 12.1. The summed E-state index contributed by atoms with van der Waals surface area (Å²) in [6.45, 7) is 4.29. The van der Waals surface area contributed by atoms with E-state index in [0.29, 0.717) is 23.5 Å². The van der Waals surface area contributed by atoms with Crippen LogP contribution in [-0.4, -0.2) is 23.4 Å². The lowest BCUT2D eigenvalue weighted by atomic mass is 10.1. The Bertz CT molecular complexity index is 986. The summed E-state index contributed by atoms with van der Waals surface area (Å²) in [7, 11) is 0. The third kappa shape index (κ3) is 5.65. The summed E-state index contributed by atoms with van der Waals surface area (Å²) < 4.78 is 5.62. The number of rotatable bonds is 7. The Balaban J connectivity index is 1.48. The first kappa shape index (κ1) is 20.1. The SMILES string of the molecule is Cc1cccc(OCC(=O)Nc2ccc(CNC(=O)c3cccnc3)cc2)c1C. The van der Waals surface area contributed by atoms with Crippen molar-refractivity contribution in [1.29, 1.82) is 0 Å². The van der Waals surface area contributed by atoms with Crippen molar-refractivity contribution in [3.8, 4) is 5.75 Å². The number of nitrogens with zero attached hydrogens (tertiary/aromatic N) is 1. The molecule has 0 saturated carbocycles. The van der Waals surface area contributed by atoms with E-state index < -0.39 is 0 Å². The van der Waals surface area contributed by atoms with Crippen LogP contribution < -0.4 is 15.4 Å². The number of nitrogens with one attached hydrogen (secondary N) is 2. The van der Waals surface area contributed by atoms with Crippen LogP contribution in [0.3, 0.4) is 0 Å². The summed E-state index contributed by atoms with van der Waals surface area (Å²) in [5, 5.41) is 5.64. The lowest BCUT2D eigenvalue weighted by Gasteiger charge is -2.11. The van der Waals surface area contributed by atoms with E-state index in [2.05, 4.69) is 15.6 Å². The molecule has 2 amide bonds. The summed E-state index contributed by atoms with van der Waals surface area (Å²) in [5.74, 6) is 0.294. The fraction of sp³-hybridized carbons (Fsp3) is 0.174. The molecule has 29 heavy (non-hydrogen) atoms. The van der Waals surface area contributed by atoms with Gasteiger partial charge in [-0.3, -0.25) is 14.6 Å². The van der Waals surface area contributed by atoms with Gasteiger partial charge >= 0.3 is 0 Å². The second-order valence-corrected chi connectivity index (χ2v) is 6.66. The largest absolute Gasteiger partial charge is 0.483 e. The third-order valence-corrected chi connectivity index (χ3v) is 4.53. The van der Waals surface area contributed by atoms with Crippen molar-refractivity contribution in [2.75, 3.05) is 11.9 Å². The topological polar surface area (TPSA) is 80.3 Å². The highest BCUT2D eigenvalue weighted by Gasteiger charge is 2.08. The van der Waals surface area contributed by atoms with E-state index in [-0.39, 0.29) is 18.4 Å². The maximum Gasteiger partial charge on any atom is 0.262 e. The van der Waals surface area contributed by atoms with Gasteiger partial charge < -0.3 is 15.4 Å². The molecule has 0 atom stereocenters. The van der Waals surface area contributed by atoms with E-state index in [1.165, 1.54) is 6.20 Å². The van der Waals surface area contributed by atoms with E-state index in [1.54, 1.807) is 30.5 Å². The minimum atomic E-state index is -0.233. The van der Waals surface area contributed by atoms with Crippen molar-refractivity contribution in [2.45, 2.75) is 20.4 Å². The smallest absolute Gasteiger partial charge is 0.262 e. The molecule has 0 spiro atoms. The predicted octanol–water partition coefficient (Wildman–Crippen LogP) is 3.65. The Kier molecular flexibility index (Phi) is 6.58. The van der Waals surface area contributed by atoms with Gasteiger partial charge in [-0.15, -0.1) is 0 Å². The quantitative estimate of drug-likeness (QED) is 0.646. The number of hydrogen-bond acceptors (Lipinski definition) is 4. The Labute approximate surface area is 169 Å². The van der Waals surface area contributed by atoms with Gasteiger partial charge in [-0.1, -0.05) is 24.3 Å². The zero-order valence-corrected chi connectivity index (χ0v) is 16.4. The van der Waals surface area contributed by atoms with E-state index in [9.17, 15) is 9.59 Å². The summed E-state index contributed by atoms with van der Waals surface area (Å²) in [5.41, 5.74) is 4.25. The van der Waals surface area contributed by atoms with Gasteiger partial charge in [0.1, 0.15) is 5.75 Å². The molecule has 3 aromatic rings. The Morgan fingerprint density at radius 3 is 2.52 bits per heavy atom. The van der Waals surface area contributed by atoms with Gasteiger partial charge in [-0.25, -0.2) is 0 Å². The molecule has 0 radical (unpaired) electrons. The minimum absolute atomic E-state index is 0.0623. The van der Waals surface area contributed by atoms with Crippen molar-refractivity contribution < 1.29 is 14.3 Å². The number of aromatic nitrogens is 1. The van der Waals surface area contributed by atoms with Crippen molar-refractivity contribution in [3.05, 3.63) is 89.2 Å². The minimum Gasteiger partial charge on any atom is -0.483 e. The number of hydrogen-bond donors (Lipinski definition) is 2. The van der Waals surface area contributed by atoms with E-state index >= 15 is 0 Å². The lowest BCUT2D eigenvalue weighted by molar-refractivity contribution is -0.118. The first-order valence-corrected chi connectivity index (χ1v) is 9.29. The van der Waals surface area contributed by atoms with Gasteiger partial charge in [0, 0.05) is 24.6 Å². The van der Waals surface area contributed by atoms with Gasteiger partial charge in [-0.05, 0) is 60.9 Å². The highest BCUT2D eigenvalue weighted by atomic mass is 16.5. The molecule has 0 aliphatic rings. The van der Waals surface area contributed by atoms with Gasteiger partial charge in [0.25, 0.3) is 11.8 Å². The third-order valence-electron chi connectivity index (χ3n) is 4.53. The molecule has 6 heteroatoms. The molecule has 0 unspecified atom stereocenters. The van der Waals surface area contributed by atoms with Crippen molar-refractivity contribution in [2.24, 2.45) is 0 Å². The van der Waals surface area contributed by atoms with E-state index in [0.717, 1.165) is 16.7 Å². The summed E-state index contributed by atoms with van der Waals surface area (Å²) in [6, 6.07) is 16.5. The molecular formula is C23H23N3O3. The molecule has 2 aromatic carbocycles. The van der Waals surface area contributed by atoms with Crippen LogP contribution in [0.1, 0.15) is 27.0 Å². The lowest BCUT2D eigenvalue weighted by Crippen LogP contribution is -2.23. The standard InChI is InChI=1S/C23H23N3O3/c1-16-5-3-7-21(17(16)2)29-15-22(27)26-20-10-8-18(9-11-20)13-25-23(28)19-6-4-12-24-14-19/h3-12,14H,13,15H2,1-2H3,(H,25,28)(H,26,27). The first-order chi connectivity index (χ1) is 14.0. The number of anilines is 1. The molecule has 2 N–H and O–H groups in total. The molecule has 1 aromatic heterocycles. The number of carbonyl (C=O) groups excluding carboxylic acids is 2. The molecule has 148 valence electrons. The van der Waals surface area contributed by atoms with Crippen molar-refractivity contribution in [1.82, 2.24) is 10.3 Å². The molecule has 1 heterocycles. The molecular weight excluding hydrogens is 366 g/mol. The number of amides is 2. The Morgan fingerprint density at radius 1 is 1.00 bits per heavy atom. The van der Waals surface area contributed by atoms with Gasteiger partial charge in [0.15, 0.2) is 6.61 Å². The first-order valence-electron chi connectivity index (χ1n) is 9.29. The second-order valence-electron chi connectivity index (χ2n) is 6.66. The summed E-state index contributed by atoms with van der Waals surface area (Å²) >= 11 is 0. The average Bonchev–Trinajstić information content (AvgIpc) is 2.74. The average molecular weight is 389 g/mol. The number of carbonyl (C=O) groups is 2. The fourth-order valence-electron chi connectivity index (χ4n) is 2.71. The highest BCUT2D eigenvalue weighted by Crippen LogP contribution is 2.20. The second kappa shape index (κ2) is 9.50. The van der Waals surface area contributed by atoms with Gasteiger partial charge in [0.2, 0.25) is 0 Å². The van der Waals surface area contributed by atoms with Gasteiger partial charge in [0.05, 0.1) is 5.56 Å². The van der Waals surface area contributed by atoms with E-state index in [4.69, 9.17) is 4.74 Å². The molecule has 0 fully saturated rings. The molecule has 6 nitrogen and oxygen atoms in total. The van der Waals surface area contributed by atoms with Crippen LogP contribution in [0.5, 0.6) is 5.75 Å². The monoisotopic (exact) mass is 389 g/mol. The Hall–Kier alpha value is -3.67. The number of aryl methyl sites for hydroxylation is 1. The number of ether oxygens (including phenoxy) is 1. The Morgan fingerprint density at radius 2 is 1.79 bits per heavy atom. The van der Waals surface area contributed by atoms with E-state index in [1.807, 2.05) is 44.2 Å². The summed E-state index contributed by atoms with van der Waals surface area (Å²) in [4.78, 5) is 28.1. The van der Waals surface area contributed by atoms with Crippen LogP contribution in [0.25, 0.3) is 0 Å². The highest BCUT2D eigenvalue weighted by molar-refractivity contribution is 5.94.